The third-order valence-electron chi connectivity index (χ3n) is 3.17. The van der Waals surface area contributed by atoms with Gasteiger partial charge in [0.05, 0.1) is 0 Å². The van der Waals surface area contributed by atoms with E-state index in [1.165, 1.54) is 25.3 Å². The number of rotatable bonds is 3. The molecule has 1 aromatic carbocycles. The molecule has 1 aromatic rings. The Bertz CT molecular complexity index is 307. The van der Waals surface area contributed by atoms with E-state index in [9.17, 15) is 4.39 Å². The third-order valence-corrected chi connectivity index (χ3v) is 3.17. The molecule has 1 aliphatic rings. The number of hydrogen-bond acceptors (Lipinski definition) is 1. The highest BCUT2D eigenvalue weighted by atomic mass is 19.1. The van der Waals surface area contributed by atoms with Crippen LogP contribution in [0.15, 0.2) is 24.3 Å². The Labute approximate surface area is 84.1 Å². The maximum absolute atomic E-state index is 13.3. The lowest BCUT2D eigenvalue weighted by Crippen LogP contribution is -2.36. The predicted octanol–water partition coefficient (Wildman–Crippen LogP) is 2.50. The fourth-order valence-corrected chi connectivity index (χ4v) is 1.95. The Morgan fingerprint density at radius 1 is 1.36 bits per heavy atom. The Kier molecular flexibility index (Phi) is 2.82. The number of halogens is 1. The van der Waals surface area contributed by atoms with Gasteiger partial charge >= 0.3 is 0 Å². The van der Waals surface area contributed by atoms with Gasteiger partial charge in [0.1, 0.15) is 5.82 Å². The molecule has 0 radical (unpaired) electrons. The highest BCUT2D eigenvalue weighted by Crippen LogP contribution is 2.30. The number of benzene rings is 1. The van der Waals surface area contributed by atoms with E-state index in [1.54, 1.807) is 6.07 Å². The summed E-state index contributed by atoms with van der Waals surface area (Å²) in [6.07, 6.45) is 4.40. The lowest BCUT2D eigenvalue weighted by atomic mass is 9.78. The predicted molar refractivity (Wildman–Crippen MR) is 55.4 cm³/mol. The van der Waals surface area contributed by atoms with Crippen molar-refractivity contribution < 1.29 is 4.39 Å². The summed E-state index contributed by atoms with van der Waals surface area (Å²) in [5.41, 5.74) is 6.77. The van der Waals surface area contributed by atoms with Gasteiger partial charge in [0, 0.05) is 6.04 Å². The molecule has 76 valence electrons. The molecule has 1 aliphatic carbocycles. The second kappa shape index (κ2) is 4.09. The molecular weight excluding hydrogens is 177 g/mol. The first-order valence-electron chi connectivity index (χ1n) is 5.26. The Hall–Kier alpha value is -0.890. The van der Waals surface area contributed by atoms with Crippen molar-refractivity contribution in [3.63, 3.8) is 0 Å². The van der Waals surface area contributed by atoms with Crippen LogP contribution in [0.25, 0.3) is 0 Å². The van der Waals surface area contributed by atoms with E-state index in [0.717, 1.165) is 5.56 Å². The first kappa shape index (κ1) is 9.66. The minimum atomic E-state index is -0.123. The van der Waals surface area contributed by atoms with Gasteiger partial charge in [0.15, 0.2) is 0 Å². The molecule has 0 saturated heterocycles. The first-order valence-corrected chi connectivity index (χ1v) is 5.26. The van der Waals surface area contributed by atoms with Crippen LogP contribution in [-0.4, -0.2) is 6.04 Å². The van der Waals surface area contributed by atoms with Crippen molar-refractivity contribution in [3.05, 3.63) is 35.6 Å². The van der Waals surface area contributed by atoms with E-state index < -0.39 is 0 Å². The van der Waals surface area contributed by atoms with Crippen LogP contribution in [0.2, 0.25) is 0 Å². The van der Waals surface area contributed by atoms with Crippen LogP contribution in [0.3, 0.4) is 0 Å². The molecule has 0 aliphatic heterocycles. The maximum atomic E-state index is 13.3. The summed E-state index contributed by atoms with van der Waals surface area (Å²) < 4.78 is 13.3. The molecule has 2 heteroatoms. The molecule has 0 bridgehead atoms. The van der Waals surface area contributed by atoms with Gasteiger partial charge in [-0.2, -0.15) is 0 Å². The van der Waals surface area contributed by atoms with Crippen molar-refractivity contribution in [2.24, 2.45) is 11.7 Å². The standard InChI is InChI=1S/C12H16FN/c13-11-7-2-1-4-10(11)8-12(14)9-5-3-6-9/h1-2,4,7,9,12H,3,5-6,8,14H2. The van der Waals surface area contributed by atoms with E-state index in [4.69, 9.17) is 5.73 Å². The fourth-order valence-electron chi connectivity index (χ4n) is 1.95. The summed E-state index contributed by atoms with van der Waals surface area (Å²) in [6, 6.07) is 7.05. The summed E-state index contributed by atoms with van der Waals surface area (Å²) in [5, 5.41) is 0. The molecule has 0 heterocycles. The Morgan fingerprint density at radius 3 is 2.64 bits per heavy atom. The first-order chi connectivity index (χ1) is 6.77. The van der Waals surface area contributed by atoms with Gasteiger partial charge in [-0.1, -0.05) is 24.6 Å². The molecular formula is C12H16FN. The fraction of sp³-hybridized carbons (Fsp3) is 0.500. The van der Waals surface area contributed by atoms with Crippen LogP contribution in [0.4, 0.5) is 4.39 Å². The van der Waals surface area contributed by atoms with Crippen molar-refractivity contribution in [2.45, 2.75) is 31.7 Å². The van der Waals surface area contributed by atoms with Crippen LogP contribution in [0.1, 0.15) is 24.8 Å². The molecule has 0 aromatic heterocycles. The van der Waals surface area contributed by atoms with Gasteiger partial charge in [0.25, 0.3) is 0 Å². The zero-order valence-electron chi connectivity index (χ0n) is 8.25. The number of hydrogen-bond donors (Lipinski definition) is 1. The summed E-state index contributed by atoms with van der Waals surface area (Å²) in [6.45, 7) is 0. The molecule has 1 atom stereocenters. The highest BCUT2D eigenvalue weighted by Gasteiger charge is 2.24. The maximum Gasteiger partial charge on any atom is 0.126 e. The van der Waals surface area contributed by atoms with Gasteiger partial charge in [0.2, 0.25) is 0 Å². The largest absolute Gasteiger partial charge is 0.327 e. The van der Waals surface area contributed by atoms with Gasteiger partial charge in [-0.3, -0.25) is 0 Å². The molecule has 2 N–H and O–H groups in total. The summed E-state index contributed by atoms with van der Waals surface area (Å²) in [4.78, 5) is 0. The van der Waals surface area contributed by atoms with Gasteiger partial charge in [-0.15, -0.1) is 0 Å². The zero-order chi connectivity index (χ0) is 9.97. The lowest BCUT2D eigenvalue weighted by molar-refractivity contribution is 0.259. The molecule has 2 rings (SSSR count). The number of nitrogens with two attached hydrogens (primary N) is 1. The summed E-state index contributed by atoms with van der Waals surface area (Å²) in [7, 11) is 0. The van der Waals surface area contributed by atoms with E-state index >= 15 is 0 Å². The van der Waals surface area contributed by atoms with Crippen molar-refractivity contribution in [2.75, 3.05) is 0 Å². The van der Waals surface area contributed by atoms with Crippen LogP contribution >= 0.6 is 0 Å². The summed E-state index contributed by atoms with van der Waals surface area (Å²) in [5.74, 6) is 0.497. The average Bonchev–Trinajstić information content (AvgIpc) is 2.05. The van der Waals surface area contributed by atoms with Crippen LogP contribution in [0, 0.1) is 11.7 Å². The quantitative estimate of drug-likeness (QED) is 0.784. The van der Waals surface area contributed by atoms with Gasteiger partial charge < -0.3 is 5.73 Å². The van der Waals surface area contributed by atoms with Crippen molar-refractivity contribution in [3.8, 4) is 0 Å². The highest BCUT2D eigenvalue weighted by molar-refractivity contribution is 5.18. The molecule has 14 heavy (non-hydrogen) atoms. The SMILES string of the molecule is NC(Cc1ccccc1F)C1CCC1. The second-order valence-electron chi connectivity index (χ2n) is 4.15. The zero-order valence-corrected chi connectivity index (χ0v) is 8.25. The van der Waals surface area contributed by atoms with Crippen LogP contribution in [0.5, 0.6) is 0 Å². The summed E-state index contributed by atoms with van der Waals surface area (Å²) >= 11 is 0. The second-order valence-corrected chi connectivity index (χ2v) is 4.15. The molecule has 0 spiro atoms. The van der Waals surface area contributed by atoms with Crippen molar-refractivity contribution in [1.82, 2.24) is 0 Å². The lowest BCUT2D eigenvalue weighted by Gasteiger charge is -2.31. The minimum Gasteiger partial charge on any atom is -0.327 e. The topological polar surface area (TPSA) is 26.0 Å². The smallest absolute Gasteiger partial charge is 0.126 e. The third kappa shape index (κ3) is 1.95. The van der Waals surface area contributed by atoms with Crippen molar-refractivity contribution in [1.29, 1.82) is 0 Å². The normalized spacial score (nSPS) is 19.0. The van der Waals surface area contributed by atoms with Crippen LogP contribution in [-0.2, 0) is 6.42 Å². The molecule has 1 nitrogen and oxygen atoms in total. The average molecular weight is 193 g/mol. The Morgan fingerprint density at radius 2 is 2.07 bits per heavy atom. The molecule has 1 unspecified atom stereocenters. The van der Waals surface area contributed by atoms with Crippen molar-refractivity contribution >= 4 is 0 Å². The molecule has 1 saturated carbocycles. The van der Waals surface area contributed by atoms with Gasteiger partial charge in [-0.05, 0) is 36.8 Å². The Balaban J connectivity index is 1.99. The molecule has 1 fully saturated rings. The molecule has 0 amide bonds. The van der Waals surface area contributed by atoms with Crippen LogP contribution < -0.4 is 5.73 Å². The van der Waals surface area contributed by atoms with E-state index in [2.05, 4.69) is 0 Å². The van der Waals surface area contributed by atoms with E-state index in [0.29, 0.717) is 12.3 Å². The minimum absolute atomic E-state index is 0.123. The van der Waals surface area contributed by atoms with E-state index in [-0.39, 0.29) is 11.9 Å². The van der Waals surface area contributed by atoms with E-state index in [1.807, 2.05) is 12.1 Å². The van der Waals surface area contributed by atoms with Gasteiger partial charge in [-0.25, -0.2) is 4.39 Å². The monoisotopic (exact) mass is 193 g/mol.